The number of benzene rings is 1. The van der Waals surface area contributed by atoms with Crippen molar-refractivity contribution < 1.29 is 9.18 Å². The largest absolute Gasteiger partial charge is 0.385 e. The number of aryl methyl sites for hydroxylation is 1. The van der Waals surface area contributed by atoms with Gasteiger partial charge in [0.25, 0.3) is 5.91 Å². The Kier molecular flexibility index (Phi) is 3.52. The molecule has 2 aromatic rings. The van der Waals surface area contributed by atoms with Crippen molar-refractivity contribution in [3.05, 3.63) is 34.6 Å². The first-order valence-corrected chi connectivity index (χ1v) is 6.01. The van der Waals surface area contributed by atoms with Crippen LogP contribution in [0.3, 0.4) is 0 Å². The molecule has 0 radical (unpaired) electrons. The van der Waals surface area contributed by atoms with Gasteiger partial charge in [0.2, 0.25) is 5.13 Å². The second-order valence-electron chi connectivity index (χ2n) is 3.49. The molecule has 0 saturated heterocycles. The number of nitrogens with zero attached hydrogens (tertiary/aromatic N) is 2. The number of hydrogen-bond acceptors (Lipinski definition) is 5. The van der Waals surface area contributed by atoms with E-state index in [-0.39, 0.29) is 11.3 Å². The van der Waals surface area contributed by atoms with Gasteiger partial charge in [0.1, 0.15) is 10.8 Å². The van der Waals surface area contributed by atoms with E-state index in [1.165, 1.54) is 29.5 Å². The van der Waals surface area contributed by atoms with Crippen LogP contribution in [0, 0.1) is 12.7 Å². The topological polar surface area (TPSA) is 66.9 Å². The van der Waals surface area contributed by atoms with E-state index in [9.17, 15) is 9.18 Å². The molecule has 7 heteroatoms. The molecule has 0 aliphatic carbocycles. The summed E-state index contributed by atoms with van der Waals surface area (Å²) < 4.78 is 13.5. The number of halogens is 1. The highest BCUT2D eigenvalue weighted by Gasteiger charge is 2.15. The third-order valence-electron chi connectivity index (χ3n) is 2.25. The monoisotopic (exact) mass is 266 g/mol. The van der Waals surface area contributed by atoms with Crippen LogP contribution in [-0.2, 0) is 0 Å². The molecule has 1 amide bonds. The van der Waals surface area contributed by atoms with Gasteiger partial charge >= 0.3 is 0 Å². The number of carbonyl (C=O) groups is 1. The minimum Gasteiger partial charge on any atom is -0.385 e. The fourth-order valence-electron chi connectivity index (χ4n) is 1.48. The van der Waals surface area contributed by atoms with Crippen LogP contribution in [-0.4, -0.2) is 23.2 Å². The highest BCUT2D eigenvalue weighted by molar-refractivity contribution is 7.15. The number of anilines is 2. The third kappa shape index (κ3) is 2.45. The van der Waals surface area contributed by atoms with Crippen LogP contribution in [0.2, 0.25) is 0 Å². The molecule has 1 heterocycles. The smallest absolute Gasteiger partial charge is 0.259 e. The Morgan fingerprint density at radius 3 is 2.78 bits per heavy atom. The SMILES string of the molecule is CNc1c(F)cccc1C(=O)Nc1nnc(C)s1. The van der Waals surface area contributed by atoms with Crippen molar-refractivity contribution in [2.45, 2.75) is 6.92 Å². The van der Waals surface area contributed by atoms with Crippen molar-refractivity contribution in [2.24, 2.45) is 0 Å². The average molecular weight is 266 g/mol. The summed E-state index contributed by atoms with van der Waals surface area (Å²) in [6, 6.07) is 4.31. The molecule has 0 atom stereocenters. The van der Waals surface area contributed by atoms with Crippen molar-refractivity contribution in [1.82, 2.24) is 10.2 Å². The van der Waals surface area contributed by atoms with Gasteiger partial charge in [-0.05, 0) is 19.1 Å². The summed E-state index contributed by atoms with van der Waals surface area (Å²) >= 11 is 1.26. The number of para-hydroxylation sites is 1. The number of rotatable bonds is 3. The summed E-state index contributed by atoms with van der Waals surface area (Å²) in [5.41, 5.74) is 0.390. The second kappa shape index (κ2) is 5.09. The molecule has 0 spiro atoms. The van der Waals surface area contributed by atoms with Crippen molar-refractivity contribution in [1.29, 1.82) is 0 Å². The normalized spacial score (nSPS) is 10.2. The van der Waals surface area contributed by atoms with Crippen molar-refractivity contribution in [2.75, 3.05) is 17.7 Å². The predicted octanol–water partition coefficient (Wildman–Crippen LogP) is 2.28. The van der Waals surface area contributed by atoms with Crippen LogP contribution in [0.4, 0.5) is 15.2 Å². The molecule has 2 rings (SSSR count). The van der Waals surface area contributed by atoms with E-state index in [4.69, 9.17) is 0 Å². The van der Waals surface area contributed by atoms with Crippen LogP contribution in [0.1, 0.15) is 15.4 Å². The fraction of sp³-hybridized carbons (Fsp3) is 0.182. The van der Waals surface area contributed by atoms with E-state index in [0.717, 1.165) is 5.01 Å². The summed E-state index contributed by atoms with van der Waals surface area (Å²) in [5.74, 6) is -0.895. The van der Waals surface area contributed by atoms with E-state index in [0.29, 0.717) is 5.13 Å². The maximum absolute atomic E-state index is 13.5. The summed E-state index contributed by atoms with van der Waals surface area (Å²) in [7, 11) is 1.56. The molecule has 0 fully saturated rings. The van der Waals surface area contributed by atoms with Crippen LogP contribution in [0.5, 0.6) is 0 Å². The summed E-state index contributed by atoms with van der Waals surface area (Å²) in [5, 5.41) is 14.0. The van der Waals surface area contributed by atoms with E-state index < -0.39 is 11.7 Å². The highest BCUT2D eigenvalue weighted by atomic mass is 32.1. The summed E-state index contributed by atoms with van der Waals surface area (Å²) in [6.45, 7) is 1.79. The molecule has 94 valence electrons. The molecule has 0 unspecified atom stereocenters. The van der Waals surface area contributed by atoms with Gasteiger partial charge in [-0.15, -0.1) is 10.2 Å². The Balaban J connectivity index is 2.26. The van der Waals surface area contributed by atoms with Gasteiger partial charge in [-0.3, -0.25) is 10.1 Å². The van der Waals surface area contributed by atoms with E-state index >= 15 is 0 Å². The zero-order valence-corrected chi connectivity index (χ0v) is 10.6. The Bertz CT molecular complexity index is 584. The maximum atomic E-state index is 13.5. The number of amides is 1. The highest BCUT2D eigenvalue weighted by Crippen LogP contribution is 2.21. The molecule has 2 N–H and O–H groups in total. The molecular formula is C11H11FN4OS. The van der Waals surface area contributed by atoms with Crippen LogP contribution in [0.25, 0.3) is 0 Å². The summed E-state index contributed by atoms with van der Waals surface area (Å²) in [6.07, 6.45) is 0. The van der Waals surface area contributed by atoms with E-state index in [1.54, 1.807) is 14.0 Å². The van der Waals surface area contributed by atoms with Crippen LogP contribution in [0.15, 0.2) is 18.2 Å². The van der Waals surface area contributed by atoms with Gasteiger partial charge in [0.15, 0.2) is 0 Å². The first-order chi connectivity index (χ1) is 8.61. The Morgan fingerprint density at radius 1 is 1.39 bits per heavy atom. The lowest BCUT2D eigenvalue weighted by atomic mass is 10.1. The lowest BCUT2D eigenvalue weighted by molar-refractivity contribution is 0.102. The minimum atomic E-state index is -0.474. The van der Waals surface area contributed by atoms with Crippen molar-refractivity contribution in [3.63, 3.8) is 0 Å². The molecule has 1 aromatic heterocycles. The van der Waals surface area contributed by atoms with Crippen molar-refractivity contribution in [3.8, 4) is 0 Å². The predicted molar refractivity (Wildman–Crippen MR) is 68.5 cm³/mol. The molecule has 5 nitrogen and oxygen atoms in total. The summed E-state index contributed by atoms with van der Waals surface area (Å²) in [4.78, 5) is 12.0. The van der Waals surface area contributed by atoms with Crippen LogP contribution < -0.4 is 10.6 Å². The zero-order chi connectivity index (χ0) is 13.1. The number of hydrogen-bond donors (Lipinski definition) is 2. The number of aromatic nitrogens is 2. The molecule has 1 aromatic carbocycles. The van der Waals surface area contributed by atoms with Gasteiger partial charge in [-0.2, -0.15) is 0 Å². The van der Waals surface area contributed by atoms with Gasteiger partial charge in [0, 0.05) is 7.05 Å². The van der Waals surface area contributed by atoms with Gasteiger partial charge in [-0.25, -0.2) is 4.39 Å². The standard InChI is InChI=1S/C11H11FN4OS/c1-6-15-16-11(18-6)14-10(17)7-4-3-5-8(12)9(7)13-2/h3-5,13H,1-2H3,(H,14,16,17). The lowest BCUT2D eigenvalue weighted by Gasteiger charge is -2.08. The van der Waals surface area contributed by atoms with Gasteiger partial charge in [0.05, 0.1) is 11.3 Å². The van der Waals surface area contributed by atoms with Gasteiger partial charge in [-0.1, -0.05) is 17.4 Å². The van der Waals surface area contributed by atoms with E-state index in [2.05, 4.69) is 20.8 Å². The van der Waals surface area contributed by atoms with Crippen LogP contribution >= 0.6 is 11.3 Å². The van der Waals surface area contributed by atoms with Gasteiger partial charge < -0.3 is 5.32 Å². The molecular weight excluding hydrogens is 255 g/mol. The zero-order valence-electron chi connectivity index (χ0n) is 9.82. The Hall–Kier alpha value is -2.02. The number of nitrogens with one attached hydrogen (secondary N) is 2. The fourth-order valence-corrected chi connectivity index (χ4v) is 2.07. The average Bonchev–Trinajstić information content (AvgIpc) is 2.74. The first kappa shape index (κ1) is 12.4. The Labute approximate surface area is 107 Å². The molecule has 0 saturated carbocycles. The molecule has 0 aliphatic rings. The Morgan fingerprint density at radius 2 is 2.17 bits per heavy atom. The quantitative estimate of drug-likeness (QED) is 0.894. The lowest BCUT2D eigenvalue weighted by Crippen LogP contribution is -2.14. The minimum absolute atomic E-state index is 0.163. The first-order valence-electron chi connectivity index (χ1n) is 5.19. The molecule has 0 aliphatic heterocycles. The maximum Gasteiger partial charge on any atom is 0.259 e. The third-order valence-corrected chi connectivity index (χ3v) is 3.01. The molecule has 18 heavy (non-hydrogen) atoms. The second-order valence-corrected chi connectivity index (χ2v) is 4.67. The van der Waals surface area contributed by atoms with E-state index in [1.807, 2.05) is 0 Å². The number of carbonyl (C=O) groups excluding carboxylic acids is 1. The van der Waals surface area contributed by atoms with Crippen molar-refractivity contribution >= 4 is 28.1 Å². The molecule has 0 bridgehead atoms.